The molecule has 0 atom stereocenters. The smallest absolute Gasteiger partial charge is 0.275 e. The van der Waals surface area contributed by atoms with Crippen LogP contribution >= 0.6 is 0 Å². The van der Waals surface area contributed by atoms with Crippen molar-refractivity contribution >= 4 is 5.91 Å². The van der Waals surface area contributed by atoms with E-state index in [1.54, 1.807) is 33.2 Å². The van der Waals surface area contributed by atoms with Crippen LogP contribution in [-0.4, -0.2) is 48.2 Å². The zero-order valence-electron chi connectivity index (χ0n) is 12.3. The summed E-state index contributed by atoms with van der Waals surface area (Å²) in [5.41, 5.74) is 1.03. The molecule has 1 amide bonds. The van der Waals surface area contributed by atoms with E-state index in [-0.39, 0.29) is 24.8 Å². The number of aliphatic hydroxyl groups excluding tert-OH is 1. The number of methoxy groups -OCH3 is 1. The number of likely N-dealkylation sites (N-methyl/N-ethyl adjacent to an activating group) is 1. The third-order valence-electron chi connectivity index (χ3n) is 3.12. The molecule has 0 aliphatic carbocycles. The van der Waals surface area contributed by atoms with Crippen LogP contribution in [0.15, 0.2) is 28.7 Å². The summed E-state index contributed by atoms with van der Waals surface area (Å²) in [6.07, 6.45) is 0. The monoisotopic (exact) mass is 290 g/mol. The molecule has 21 heavy (non-hydrogen) atoms. The van der Waals surface area contributed by atoms with Crippen molar-refractivity contribution in [3.8, 4) is 17.2 Å². The average molecular weight is 290 g/mol. The van der Waals surface area contributed by atoms with Gasteiger partial charge in [0.2, 0.25) is 5.89 Å². The summed E-state index contributed by atoms with van der Waals surface area (Å²) in [6, 6.07) is 7.23. The van der Waals surface area contributed by atoms with Gasteiger partial charge < -0.3 is 19.2 Å². The molecule has 1 heterocycles. The van der Waals surface area contributed by atoms with Crippen molar-refractivity contribution in [3.63, 3.8) is 0 Å². The molecule has 0 aliphatic heterocycles. The van der Waals surface area contributed by atoms with Crippen LogP contribution in [0.2, 0.25) is 0 Å². The minimum Gasteiger partial charge on any atom is -0.497 e. The second kappa shape index (κ2) is 6.41. The van der Waals surface area contributed by atoms with Crippen LogP contribution in [0.4, 0.5) is 0 Å². The number of aryl methyl sites for hydroxylation is 1. The highest BCUT2D eigenvalue weighted by atomic mass is 16.5. The molecule has 0 aliphatic rings. The zero-order chi connectivity index (χ0) is 15.4. The minimum atomic E-state index is -0.273. The van der Waals surface area contributed by atoms with Gasteiger partial charge in [0.25, 0.3) is 5.91 Å². The summed E-state index contributed by atoms with van der Waals surface area (Å²) < 4.78 is 10.7. The van der Waals surface area contributed by atoms with Crippen molar-refractivity contribution in [3.05, 3.63) is 35.7 Å². The summed E-state index contributed by atoms with van der Waals surface area (Å²) in [5, 5.41) is 8.88. The van der Waals surface area contributed by atoms with Gasteiger partial charge in [-0.15, -0.1) is 0 Å². The Morgan fingerprint density at radius 3 is 2.62 bits per heavy atom. The Morgan fingerprint density at radius 1 is 1.38 bits per heavy atom. The van der Waals surface area contributed by atoms with E-state index in [1.165, 1.54) is 4.90 Å². The van der Waals surface area contributed by atoms with Crippen LogP contribution in [0.3, 0.4) is 0 Å². The number of rotatable bonds is 5. The Labute approximate surface area is 123 Å². The number of nitrogens with zero attached hydrogens (tertiary/aromatic N) is 2. The van der Waals surface area contributed by atoms with E-state index in [9.17, 15) is 4.79 Å². The lowest BCUT2D eigenvalue weighted by molar-refractivity contribution is 0.0760. The molecule has 1 aromatic heterocycles. The number of benzene rings is 1. The van der Waals surface area contributed by atoms with E-state index in [0.717, 1.165) is 11.3 Å². The number of ether oxygens (including phenoxy) is 1. The van der Waals surface area contributed by atoms with Gasteiger partial charge in [0.15, 0.2) is 5.69 Å². The molecule has 2 rings (SSSR count). The van der Waals surface area contributed by atoms with E-state index in [0.29, 0.717) is 11.7 Å². The molecule has 0 saturated carbocycles. The van der Waals surface area contributed by atoms with Crippen molar-refractivity contribution in [2.24, 2.45) is 0 Å². The lowest BCUT2D eigenvalue weighted by Crippen LogP contribution is -2.30. The summed E-state index contributed by atoms with van der Waals surface area (Å²) in [7, 11) is 3.21. The molecule has 0 unspecified atom stereocenters. The third-order valence-corrected chi connectivity index (χ3v) is 3.12. The molecular formula is C15H18N2O4. The molecule has 1 N–H and O–H groups in total. The van der Waals surface area contributed by atoms with Crippen LogP contribution in [0, 0.1) is 6.92 Å². The Hall–Kier alpha value is -2.34. The van der Waals surface area contributed by atoms with Gasteiger partial charge in [-0.3, -0.25) is 4.79 Å². The molecule has 0 spiro atoms. The van der Waals surface area contributed by atoms with Crippen molar-refractivity contribution in [1.29, 1.82) is 0 Å². The summed E-state index contributed by atoms with van der Waals surface area (Å²) in [5.74, 6) is 1.30. The van der Waals surface area contributed by atoms with Crippen molar-refractivity contribution in [2.75, 3.05) is 27.3 Å². The number of aromatic nitrogens is 1. The summed E-state index contributed by atoms with van der Waals surface area (Å²) in [6.45, 7) is 1.85. The van der Waals surface area contributed by atoms with E-state index >= 15 is 0 Å². The van der Waals surface area contributed by atoms with Crippen LogP contribution in [0.1, 0.15) is 16.2 Å². The van der Waals surface area contributed by atoms with E-state index in [2.05, 4.69) is 4.98 Å². The lowest BCUT2D eigenvalue weighted by atomic mass is 10.2. The van der Waals surface area contributed by atoms with Gasteiger partial charge in [0.1, 0.15) is 11.5 Å². The van der Waals surface area contributed by atoms with Crippen LogP contribution in [0.5, 0.6) is 5.75 Å². The molecule has 0 saturated heterocycles. The second-order valence-corrected chi connectivity index (χ2v) is 4.60. The molecule has 1 aromatic carbocycles. The quantitative estimate of drug-likeness (QED) is 0.907. The first-order valence-electron chi connectivity index (χ1n) is 6.55. The number of carbonyl (C=O) groups is 1. The molecule has 0 bridgehead atoms. The zero-order valence-corrected chi connectivity index (χ0v) is 12.3. The predicted molar refractivity (Wildman–Crippen MR) is 77.3 cm³/mol. The highest BCUT2D eigenvalue weighted by Crippen LogP contribution is 2.24. The largest absolute Gasteiger partial charge is 0.497 e. The van der Waals surface area contributed by atoms with Crippen LogP contribution in [-0.2, 0) is 0 Å². The fourth-order valence-electron chi connectivity index (χ4n) is 1.88. The first-order valence-corrected chi connectivity index (χ1v) is 6.55. The highest BCUT2D eigenvalue weighted by molar-refractivity contribution is 5.93. The van der Waals surface area contributed by atoms with E-state index in [4.69, 9.17) is 14.3 Å². The Balaban J connectivity index is 2.27. The van der Waals surface area contributed by atoms with Gasteiger partial charge in [0.05, 0.1) is 13.7 Å². The number of hydrogen-bond donors (Lipinski definition) is 1. The second-order valence-electron chi connectivity index (χ2n) is 4.60. The maximum atomic E-state index is 12.2. The van der Waals surface area contributed by atoms with Gasteiger partial charge in [0, 0.05) is 19.2 Å². The van der Waals surface area contributed by atoms with Crippen LogP contribution in [0.25, 0.3) is 11.5 Å². The molecular weight excluding hydrogens is 272 g/mol. The van der Waals surface area contributed by atoms with E-state index < -0.39 is 0 Å². The molecule has 6 nitrogen and oxygen atoms in total. The SMILES string of the molecule is COc1ccc(-c2nc(C(=O)N(C)CCO)c(C)o2)cc1. The standard InChI is InChI=1S/C15H18N2O4/c1-10-13(15(19)17(2)8-9-18)16-14(21-10)11-4-6-12(20-3)7-5-11/h4-7,18H,8-9H2,1-3H3. The van der Waals surface area contributed by atoms with E-state index in [1.807, 2.05) is 12.1 Å². The number of carbonyl (C=O) groups excluding carboxylic acids is 1. The Kier molecular flexibility index (Phi) is 4.59. The summed E-state index contributed by atoms with van der Waals surface area (Å²) >= 11 is 0. The number of hydrogen-bond acceptors (Lipinski definition) is 5. The molecule has 112 valence electrons. The van der Waals surface area contributed by atoms with Gasteiger partial charge in [-0.05, 0) is 31.2 Å². The van der Waals surface area contributed by atoms with Crippen molar-refractivity contribution in [2.45, 2.75) is 6.92 Å². The lowest BCUT2D eigenvalue weighted by Gasteiger charge is -2.13. The molecule has 0 fully saturated rings. The molecule has 0 radical (unpaired) electrons. The van der Waals surface area contributed by atoms with Crippen molar-refractivity contribution < 1.29 is 19.1 Å². The first-order chi connectivity index (χ1) is 10.1. The number of oxazole rings is 1. The minimum absolute atomic E-state index is 0.0928. The topological polar surface area (TPSA) is 75.8 Å². The number of amides is 1. The normalized spacial score (nSPS) is 10.5. The third kappa shape index (κ3) is 3.22. The number of aliphatic hydroxyl groups is 1. The Morgan fingerprint density at radius 2 is 2.05 bits per heavy atom. The summed E-state index contributed by atoms with van der Waals surface area (Å²) in [4.78, 5) is 17.8. The van der Waals surface area contributed by atoms with Gasteiger partial charge in [-0.2, -0.15) is 0 Å². The maximum absolute atomic E-state index is 12.2. The fraction of sp³-hybridized carbons (Fsp3) is 0.333. The van der Waals surface area contributed by atoms with Gasteiger partial charge >= 0.3 is 0 Å². The molecule has 2 aromatic rings. The highest BCUT2D eigenvalue weighted by Gasteiger charge is 2.20. The first kappa shape index (κ1) is 15.1. The molecule has 6 heteroatoms. The van der Waals surface area contributed by atoms with Gasteiger partial charge in [-0.1, -0.05) is 0 Å². The average Bonchev–Trinajstić information content (AvgIpc) is 2.88. The Bertz CT molecular complexity index is 619. The predicted octanol–water partition coefficient (Wildman–Crippen LogP) is 1.72. The van der Waals surface area contributed by atoms with Crippen LogP contribution < -0.4 is 4.74 Å². The van der Waals surface area contributed by atoms with Crippen molar-refractivity contribution in [1.82, 2.24) is 9.88 Å². The fourth-order valence-corrected chi connectivity index (χ4v) is 1.88. The van der Waals surface area contributed by atoms with Gasteiger partial charge in [-0.25, -0.2) is 4.98 Å². The maximum Gasteiger partial charge on any atom is 0.275 e.